The molecule has 0 heterocycles. The van der Waals surface area contributed by atoms with Crippen LogP contribution in [-0.2, 0) is 6.54 Å². The van der Waals surface area contributed by atoms with Crippen LogP contribution >= 0.6 is 0 Å². The van der Waals surface area contributed by atoms with Crippen molar-refractivity contribution in [2.75, 3.05) is 13.7 Å². The fraction of sp³-hybridized carbons (Fsp3) is 0.250. The van der Waals surface area contributed by atoms with Gasteiger partial charge in [0.1, 0.15) is 11.6 Å². The highest BCUT2D eigenvalue weighted by molar-refractivity contribution is 5.45. The molecule has 0 radical (unpaired) electrons. The van der Waals surface area contributed by atoms with Gasteiger partial charge in [0.05, 0.1) is 6.61 Å². The van der Waals surface area contributed by atoms with Crippen LogP contribution < -0.4 is 14.8 Å². The van der Waals surface area contributed by atoms with Crippen LogP contribution in [0.4, 0.5) is 4.39 Å². The number of ether oxygens (including phenoxy) is 2. The third-order valence-corrected chi connectivity index (χ3v) is 2.76. The zero-order valence-corrected chi connectivity index (χ0v) is 11.7. The third kappa shape index (κ3) is 3.48. The third-order valence-electron chi connectivity index (χ3n) is 2.76. The van der Waals surface area contributed by atoms with Gasteiger partial charge in [-0.25, -0.2) is 4.39 Å². The Hall–Kier alpha value is -2.07. The van der Waals surface area contributed by atoms with Crippen molar-refractivity contribution in [2.45, 2.75) is 13.5 Å². The minimum absolute atomic E-state index is 0.277. The van der Waals surface area contributed by atoms with E-state index in [0.717, 1.165) is 5.56 Å². The molecule has 0 amide bonds. The molecule has 0 saturated heterocycles. The van der Waals surface area contributed by atoms with E-state index in [-0.39, 0.29) is 5.82 Å². The van der Waals surface area contributed by atoms with E-state index in [0.29, 0.717) is 30.4 Å². The Bertz CT molecular complexity index is 572. The standard InChI is InChI=1S/C16H18FNO2/c1-3-19-15-6-4-5-7-16(15)20-14-9-8-13(17)10-12(14)11-18-2/h4-10,18H,3,11H2,1-2H3. The lowest BCUT2D eigenvalue weighted by Gasteiger charge is -2.14. The molecule has 0 aliphatic heterocycles. The molecule has 106 valence electrons. The van der Waals surface area contributed by atoms with Gasteiger partial charge in [0.2, 0.25) is 0 Å². The average molecular weight is 275 g/mol. The van der Waals surface area contributed by atoms with Crippen LogP contribution in [0, 0.1) is 5.82 Å². The number of hydrogen-bond acceptors (Lipinski definition) is 3. The maximum atomic E-state index is 13.3. The number of hydrogen-bond donors (Lipinski definition) is 1. The Kier molecular flexibility index (Phi) is 4.96. The summed E-state index contributed by atoms with van der Waals surface area (Å²) in [6.07, 6.45) is 0. The van der Waals surface area contributed by atoms with Crippen molar-refractivity contribution < 1.29 is 13.9 Å². The van der Waals surface area contributed by atoms with E-state index in [1.165, 1.54) is 12.1 Å². The molecule has 0 spiro atoms. The van der Waals surface area contributed by atoms with E-state index in [4.69, 9.17) is 9.47 Å². The van der Waals surface area contributed by atoms with E-state index in [1.807, 2.05) is 38.2 Å². The summed E-state index contributed by atoms with van der Waals surface area (Å²) in [5.41, 5.74) is 0.763. The molecule has 2 aromatic rings. The molecular weight excluding hydrogens is 257 g/mol. The molecule has 20 heavy (non-hydrogen) atoms. The number of benzene rings is 2. The van der Waals surface area contributed by atoms with Gasteiger partial charge in [-0.3, -0.25) is 0 Å². The molecule has 2 rings (SSSR count). The molecule has 4 heteroatoms. The number of halogens is 1. The van der Waals surface area contributed by atoms with Crippen LogP contribution in [0.2, 0.25) is 0 Å². The summed E-state index contributed by atoms with van der Waals surface area (Å²) in [5, 5.41) is 3.00. The zero-order valence-electron chi connectivity index (χ0n) is 11.7. The molecule has 0 aliphatic rings. The first-order valence-electron chi connectivity index (χ1n) is 6.57. The Balaban J connectivity index is 2.29. The fourth-order valence-corrected chi connectivity index (χ4v) is 1.90. The first-order valence-corrected chi connectivity index (χ1v) is 6.57. The van der Waals surface area contributed by atoms with Gasteiger partial charge in [0.15, 0.2) is 11.5 Å². The van der Waals surface area contributed by atoms with E-state index < -0.39 is 0 Å². The predicted octanol–water partition coefficient (Wildman–Crippen LogP) is 3.74. The predicted molar refractivity (Wildman–Crippen MR) is 76.8 cm³/mol. The summed E-state index contributed by atoms with van der Waals surface area (Å²) >= 11 is 0. The maximum absolute atomic E-state index is 13.3. The van der Waals surface area contributed by atoms with Crippen LogP contribution in [-0.4, -0.2) is 13.7 Å². The second-order valence-electron chi connectivity index (χ2n) is 4.26. The Labute approximate surface area is 118 Å². The molecule has 0 saturated carbocycles. The first kappa shape index (κ1) is 14.3. The van der Waals surface area contributed by atoms with Crippen LogP contribution in [0.3, 0.4) is 0 Å². The second-order valence-corrected chi connectivity index (χ2v) is 4.26. The lowest BCUT2D eigenvalue weighted by Crippen LogP contribution is -2.07. The lowest BCUT2D eigenvalue weighted by molar-refractivity contribution is 0.320. The van der Waals surface area contributed by atoms with Gasteiger partial charge >= 0.3 is 0 Å². The molecule has 0 aromatic heterocycles. The molecule has 0 atom stereocenters. The van der Waals surface area contributed by atoms with Crippen LogP contribution in [0.25, 0.3) is 0 Å². The van der Waals surface area contributed by atoms with Crippen molar-refractivity contribution in [1.29, 1.82) is 0 Å². The van der Waals surface area contributed by atoms with Gasteiger partial charge in [0.25, 0.3) is 0 Å². The highest BCUT2D eigenvalue weighted by Crippen LogP contribution is 2.33. The molecule has 1 N–H and O–H groups in total. The van der Waals surface area contributed by atoms with Gasteiger partial charge in [-0.2, -0.15) is 0 Å². The largest absolute Gasteiger partial charge is 0.490 e. The highest BCUT2D eigenvalue weighted by atomic mass is 19.1. The van der Waals surface area contributed by atoms with Gasteiger partial charge in [-0.15, -0.1) is 0 Å². The van der Waals surface area contributed by atoms with E-state index in [1.54, 1.807) is 6.07 Å². The van der Waals surface area contributed by atoms with Gasteiger partial charge in [-0.05, 0) is 44.3 Å². The molecule has 2 aromatic carbocycles. The molecule has 0 unspecified atom stereocenters. The second kappa shape index (κ2) is 6.91. The van der Waals surface area contributed by atoms with Crippen LogP contribution in [0.15, 0.2) is 42.5 Å². The molecule has 0 fully saturated rings. The monoisotopic (exact) mass is 275 g/mol. The van der Waals surface area contributed by atoms with E-state index in [2.05, 4.69) is 5.32 Å². The van der Waals surface area contributed by atoms with E-state index >= 15 is 0 Å². The quantitative estimate of drug-likeness (QED) is 0.871. The van der Waals surface area contributed by atoms with Gasteiger partial charge < -0.3 is 14.8 Å². The van der Waals surface area contributed by atoms with Crippen molar-refractivity contribution >= 4 is 0 Å². The zero-order chi connectivity index (χ0) is 14.4. The van der Waals surface area contributed by atoms with Gasteiger partial charge in [-0.1, -0.05) is 12.1 Å². The number of para-hydroxylation sites is 2. The van der Waals surface area contributed by atoms with Crippen molar-refractivity contribution in [3.8, 4) is 17.2 Å². The minimum atomic E-state index is -0.277. The van der Waals surface area contributed by atoms with E-state index in [9.17, 15) is 4.39 Å². The Morgan fingerprint density at radius 2 is 1.80 bits per heavy atom. The fourth-order valence-electron chi connectivity index (χ4n) is 1.90. The lowest BCUT2D eigenvalue weighted by atomic mass is 10.2. The first-order chi connectivity index (χ1) is 9.74. The highest BCUT2D eigenvalue weighted by Gasteiger charge is 2.09. The summed E-state index contributed by atoms with van der Waals surface area (Å²) < 4.78 is 24.7. The number of nitrogens with one attached hydrogen (secondary N) is 1. The maximum Gasteiger partial charge on any atom is 0.169 e. The number of rotatable bonds is 6. The molecule has 0 aliphatic carbocycles. The van der Waals surface area contributed by atoms with Gasteiger partial charge in [0, 0.05) is 12.1 Å². The minimum Gasteiger partial charge on any atom is -0.490 e. The summed E-state index contributed by atoms with van der Waals surface area (Å²) in [7, 11) is 1.81. The van der Waals surface area contributed by atoms with Crippen LogP contribution in [0.5, 0.6) is 17.2 Å². The SMILES string of the molecule is CCOc1ccccc1Oc1ccc(F)cc1CNC. The topological polar surface area (TPSA) is 30.5 Å². The van der Waals surface area contributed by atoms with Crippen molar-refractivity contribution in [1.82, 2.24) is 5.32 Å². The summed E-state index contributed by atoms with van der Waals surface area (Å²) in [6, 6.07) is 11.9. The molecule has 3 nitrogen and oxygen atoms in total. The molecular formula is C16H18FNO2. The average Bonchev–Trinajstić information content (AvgIpc) is 2.44. The summed E-state index contributed by atoms with van der Waals surface area (Å²) in [5.74, 6) is 1.64. The van der Waals surface area contributed by atoms with Crippen molar-refractivity contribution in [2.24, 2.45) is 0 Å². The summed E-state index contributed by atoms with van der Waals surface area (Å²) in [4.78, 5) is 0. The smallest absolute Gasteiger partial charge is 0.169 e. The Morgan fingerprint density at radius 3 is 2.50 bits per heavy atom. The summed E-state index contributed by atoms with van der Waals surface area (Å²) in [6.45, 7) is 3.01. The Morgan fingerprint density at radius 1 is 1.05 bits per heavy atom. The van der Waals surface area contributed by atoms with Crippen molar-refractivity contribution in [3.05, 3.63) is 53.8 Å². The van der Waals surface area contributed by atoms with Crippen molar-refractivity contribution in [3.63, 3.8) is 0 Å². The van der Waals surface area contributed by atoms with Crippen LogP contribution in [0.1, 0.15) is 12.5 Å². The molecule has 0 bridgehead atoms. The normalized spacial score (nSPS) is 10.3.